The van der Waals surface area contributed by atoms with Crippen LogP contribution in [0, 0.1) is 23.1 Å². The first kappa shape index (κ1) is 13.8. The van der Waals surface area contributed by atoms with Gasteiger partial charge in [0.25, 0.3) is 0 Å². The van der Waals surface area contributed by atoms with E-state index in [2.05, 4.69) is 5.32 Å². The molecule has 1 unspecified atom stereocenters. The van der Waals surface area contributed by atoms with Gasteiger partial charge in [-0.15, -0.1) is 0 Å². The summed E-state index contributed by atoms with van der Waals surface area (Å²) in [5.74, 6) is -2.22. The molecule has 1 atom stereocenters. The number of nitrogens with one attached hydrogen (secondary N) is 1. The van der Waals surface area contributed by atoms with Gasteiger partial charge in [-0.25, -0.2) is 9.18 Å². The summed E-state index contributed by atoms with van der Waals surface area (Å²) < 4.78 is 13.6. The average molecular weight is 277 g/mol. The Labute approximate surface area is 114 Å². The van der Waals surface area contributed by atoms with Crippen LogP contribution in [0.15, 0.2) is 18.2 Å². The number of nitriles is 1. The van der Waals surface area contributed by atoms with E-state index in [9.17, 15) is 14.0 Å². The van der Waals surface area contributed by atoms with Crippen LogP contribution in [0.1, 0.15) is 12.0 Å². The number of carboxylic acids is 1. The lowest BCUT2D eigenvalue weighted by atomic mass is 10.1. The molecule has 0 saturated carbocycles. The molecule has 1 aromatic rings. The van der Waals surface area contributed by atoms with E-state index in [4.69, 9.17) is 10.4 Å². The molecule has 0 aromatic heterocycles. The lowest BCUT2D eigenvalue weighted by molar-refractivity contribution is -0.141. The molecule has 7 heteroatoms. The summed E-state index contributed by atoms with van der Waals surface area (Å²) >= 11 is 0. The number of aliphatic carboxylic acids is 1. The van der Waals surface area contributed by atoms with E-state index in [0.717, 1.165) is 6.07 Å². The summed E-state index contributed by atoms with van der Waals surface area (Å²) in [5.41, 5.74) is 0.125. The Bertz CT molecular complexity index is 597. The first-order chi connectivity index (χ1) is 9.51. The molecule has 0 radical (unpaired) electrons. The summed E-state index contributed by atoms with van der Waals surface area (Å²) in [4.78, 5) is 24.0. The number of rotatable bonds is 2. The van der Waals surface area contributed by atoms with Crippen molar-refractivity contribution in [2.45, 2.75) is 6.42 Å². The van der Waals surface area contributed by atoms with Crippen LogP contribution < -0.4 is 5.32 Å². The zero-order valence-electron chi connectivity index (χ0n) is 10.5. The molecule has 1 saturated heterocycles. The van der Waals surface area contributed by atoms with Gasteiger partial charge in [0.2, 0.25) is 0 Å². The highest BCUT2D eigenvalue weighted by molar-refractivity contribution is 5.90. The highest BCUT2D eigenvalue weighted by atomic mass is 19.1. The number of nitrogens with zero attached hydrogens (tertiary/aromatic N) is 2. The van der Waals surface area contributed by atoms with Crippen LogP contribution in [0.25, 0.3) is 0 Å². The highest BCUT2D eigenvalue weighted by Gasteiger charge is 2.31. The number of hydrogen-bond donors (Lipinski definition) is 2. The smallest absolute Gasteiger partial charge is 0.321 e. The zero-order valence-corrected chi connectivity index (χ0v) is 10.5. The van der Waals surface area contributed by atoms with Crippen molar-refractivity contribution in [1.29, 1.82) is 5.26 Å². The van der Waals surface area contributed by atoms with Crippen LogP contribution >= 0.6 is 0 Å². The highest BCUT2D eigenvalue weighted by Crippen LogP contribution is 2.20. The Hall–Kier alpha value is -2.62. The number of amides is 2. The predicted molar refractivity (Wildman–Crippen MR) is 67.4 cm³/mol. The Balaban J connectivity index is 2.02. The SMILES string of the molecule is N#Cc1ccc(NC(=O)N2CCC(C(=O)O)C2)c(F)c1. The van der Waals surface area contributed by atoms with E-state index in [1.54, 1.807) is 6.07 Å². The number of halogens is 1. The summed E-state index contributed by atoms with van der Waals surface area (Å²) in [5, 5.41) is 19.8. The van der Waals surface area contributed by atoms with E-state index >= 15 is 0 Å². The number of carbonyl (C=O) groups excluding carboxylic acids is 1. The van der Waals surface area contributed by atoms with E-state index in [1.165, 1.54) is 17.0 Å². The first-order valence-corrected chi connectivity index (χ1v) is 5.99. The second-order valence-corrected chi connectivity index (χ2v) is 4.51. The van der Waals surface area contributed by atoms with Crippen molar-refractivity contribution in [1.82, 2.24) is 4.90 Å². The first-order valence-electron chi connectivity index (χ1n) is 5.99. The van der Waals surface area contributed by atoms with E-state index in [0.29, 0.717) is 13.0 Å². The van der Waals surface area contributed by atoms with Crippen LogP contribution in [0.3, 0.4) is 0 Å². The molecule has 0 spiro atoms. The second-order valence-electron chi connectivity index (χ2n) is 4.51. The number of likely N-dealkylation sites (tertiary alicyclic amines) is 1. The largest absolute Gasteiger partial charge is 0.481 e. The Morgan fingerprint density at radius 2 is 2.25 bits per heavy atom. The van der Waals surface area contributed by atoms with Crippen LogP contribution in [-0.4, -0.2) is 35.1 Å². The van der Waals surface area contributed by atoms with Crippen LogP contribution in [0.5, 0.6) is 0 Å². The van der Waals surface area contributed by atoms with E-state index in [-0.39, 0.29) is 17.8 Å². The normalized spacial score (nSPS) is 17.6. The molecule has 1 aliphatic heterocycles. The quantitative estimate of drug-likeness (QED) is 0.859. The summed E-state index contributed by atoms with van der Waals surface area (Å²) in [6.07, 6.45) is 0.388. The van der Waals surface area contributed by atoms with Crippen molar-refractivity contribution in [3.63, 3.8) is 0 Å². The Morgan fingerprint density at radius 3 is 2.80 bits per heavy atom. The zero-order chi connectivity index (χ0) is 14.7. The molecular formula is C13H12FN3O3. The van der Waals surface area contributed by atoms with Gasteiger partial charge in [0, 0.05) is 13.1 Å². The Morgan fingerprint density at radius 1 is 1.50 bits per heavy atom. The molecule has 2 rings (SSSR count). The van der Waals surface area contributed by atoms with Crippen LogP contribution in [-0.2, 0) is 4.79 Å². The van der Waals surface area contributed by atoms with Gasteiger partial charge in [0.15, 0.2) is 0 Å². The van der Waals surface area contributed by atoms with Gasteiger partial charge in [0.1, 0.15) is 5.82 Å². The average Bonchev–Trinajstić information content (AvgIpc) is 2.91. The number of carboxylic acid groups (broad SMARTS) is 1. The Kier molecular flexibility index (Phi) is 3.84. The van der Waals surface area contributed by atoms with Crippen molar-refractivity contribution < 1.29 is 19.1 Å². The van der Waals surface area contributed by atoms with Gasteiger partial charge < -0.3 is 15.3 Å². The fourth-order valence-corrected chi connectivity index (χ4v) is 2.03. The summed E-state index contributed by atoms with van der Waals surface area (Å²) in [6.45, 7) is 0.430. The van der Waals surface area contributed by atoms with Crippen LogP contribution in [0.2, 0.25) is 0 Å². The maximum Gasteiger partial charge on any atom is 0.321 e. The molecule has 20 heavy (non-hydrogen) atoms. The molecule has 6 nitrogen and oxygen atoms in total. The van der Waals surface area contributed by atoms with Crippen molar-refractivity contribution in [2.24, 2.45) is 5.92 Å². The molecule has 2 N–H and O–H groups in total. The standard InChI is InChI=1S/C13H12FN3O3/c14-10-5-8(6-15)1-2-11(10)16-13(20)17-4-3-9(7-17)12(18)19/h1-2,5,9H,3-4,7H2,(H,16,20)(H,18,19). The minimum Gasteiger partial charge on any atom is -0.481 e. The van der Waals surface area contributed by atoms with Gasteiger partial charge in [-0.05, 0) is 24.6 Å². The number of carbonyl (C=O) groups is 2. The number of anilines is 1. The van der Waals surface area contributed by atoms with Crippen molar-refractivity contribution in [3.8, 4) is 6.07 Å². The lowest BCUT2D eigenvalue weighted by Gasteiger charge is -2.17. The minimum atomic E-state index is -0.940. The second kappa shape index (κ2) is 5.57. The van der Waals surface area contributed by atoms with Gasteiger partial charge >= 0.3 is 12.0 Å². The topological polar surface area (TPSA) is 93.4 Å². The molecule has 0 aliphatic carbocycles. The molecule has 1 aliphatic rings. The van der Waals surface area contributed by atoms with Gasteiger partial charge in [-0.2, -0.15) is 5.26 Å². The molecule has 104 valence electrons. The van der Waals surface area contributed by atoms with E-state index < -0.39 is 23.7 Å². The van der Waals surface area contributed by atoms with Crippen molar-refractivity contribution >= 4 is 17.7 Å². The summed E-state index contributed by atoms with van der Waals surface area (Å²) in [7, 11) is 0. The van der Waals surface area contributed by atoms with E-state index in [1.807, 2.05) is 0 Å². The molecule has 1 aromatic carbocycles. The molecule has 0 bridgehead atoms. The third-order valence-corrected chi connectivity index (χ3v) is 3.16. The third-order valence-electron chi connectivity index (χ3n) is 3.16. The monoisotopic (exact) mass is 277 g/mol. The van der Waals surface area contributed by atoms with Gasteiger partial charge in [-0.1, -0.05) is 0 Å². The fraction of sp³-hybridized carbons (Fsp3) is 0.308. The number of hydrogen-bond acceptors (Lipinski definition) is 3. The number of benzene rings is 1. The van der Waals surface area contributed by atoms with Gasteiger partial charge in [0.05, 0.1) is 23.2 Å². The third kappa shape index (κ3) is 2.85. The fourth-order valence-electron chi connectivity index (χ4n) is 2.03. The van der Waals surface area contributed by atoms with Gasteiger partial charge in [-0.3, -0.25) is 4.79 Å². The molecule has 1 heterocycles. The molecule has 2 amide bonds. The number of urea groups is 1. The lowest BCUT2D eigenvalue weighted by Crippen LogP contribution is -2.34. The van der Waals surface area contributed by atoms with Crippen molar-refractivity contribution in [3.05, 3.63) is 29.6 Å². The maximum absolute atomic E-state index is 13.6. The molecular weight excluding hydrogens is 265 g/mol. The summed E-state index contributed by atoms with van der Waals surface area (Å²) in [6, 6.07) is 4.97. The predicted octanol–water partition coefficient (Wildman–Crippen LogP) is 1.64. The molecule has 1 fully saturated rings. The maximum atomic E-state index is 13.6. The minimum absolute atomic E-state index is 0.0345. The van der Waals surface area contributed by atoms with Crippen LogP contribution in [0.4, 0.5) is 14.9 Å². The van der Waals surface area contributed by atoms with Crippen molar-refractivity contribution in [2.75, 3.05) is 18.4 Å².